The first-order chi connectivity index (χ1) is 12.2. The quantitative estimate of drug-likeness (QED) is 0.771. The molecule has 0 unspecified atom stereocenters. The second-order valence-electron chi connectivity index (χ2n) is 6.56. The highest BCUT2D eigenvalue weighted by atomic mass is 15.2. The van der Waals surface area contributed by atoms with Gasteiger partial charge in [0.15, 0.2) is 5.96 Å². The highest BCUT2D eigenvalue weighted by Crippen LogP contribution is 2.17. The monoisotopic (exact) mass is 333 g/mol. The topological polar surface area (TPSA) is 53.7 Å². The number of hydrogen-bond donors (Lipinski definition) is 2. The molecular formula is C20H23N5. The number of pyridine rings is 1. The molecular weight excluding hydrogens is 310 g/mol. The first-order valence-electron chi connectivity index (χ1n) is 8.77. The van der Waals surface area contributed by atoms with E-state index < -0.39 is 0 Å². The molecule has 2 N–H and O–H groups in total. The highest BCUT2D eigenvalue weighted by Gasteiger charge is 2.09. The molecule has 1 aliphatic heterocycles. The highest BCUT2D eigenvalue weighted by molar-refractivity contribution is 5.94. The molecule has 0 fully saturated rings. The SMILES string of the molecule is Cc1ccn2c(C)c(CCc3ccc(NC4=NCCN4)cc3)nc2c1. The van der Waals surface area contributed by atoms with Gasteiger partial charge in [-0.05, 0) is 62.1 Å². The standard InChI is InChI=1S/C20H23N5/c1-14-9-12-25-15(2)18(24-19(25)13-14)8-5-16-3-6-17(7-4-16)23-20-21-10-11-22-20/h3-4,6-7,9,12-13H,5,8,10-11H2,1-2H3,(H2,21,22,23). The maximum absolute atomic E-state index is 4.80. The van der Waals surface area contributed by atoms with Gasteiger partial charge in [-0.3, -0.25) is 4.99 Å². The largest absolute Gasteiger partial charge is 0.354 e. The molecule has 0 spiro atoms. The Morgan fingerprint density at radius 2 is 1.96 bits per heavy atom. The number of fused-ring (bicyclic) bond motifs is 1. The summed E-state index contributed by atoms with van der Waals surface area (Å²) in [6.45, 7) is 6.01. The Bertz CT molecular complexity index is 921. The number of anilines is 1. The minimum Gasteiger partial charge on any atom is -0.354 e. The van der Waals surface area contributed by atoms with Crippen LogP contribution in [0.4, 0.5) is 5.69 Å². The van der Waals surface area contributed by atoms with E-state index in [0.717, 1.165) is 43.2 Å². The number of benzene rings is 1. The molecule has 1 aliphatic rings. The fourth-order valence-corrected chi connectivity index (χ4v) is 3.19. The summed E-state index contributed by atoms with van der Waals surface area (Å²) in [6.07, 6.45) is 4.05. The molecule has 25 heavy (non-hydrogen) atoms. The van der Waals surface area contributed by atoms with Gasteiger partial charge in [0.05, 0.1) is 12.2 Å². The van der Waals surface area contributed by atoms with E-state index in [-0.39, 0.29) is 0 Å². The molecule has 3 heterocycles. The van der Waals surface area contributed by atoms with Crippen LogP contribution >= 0.6 is 0 Å². The second kappa shape index (κ2) is 6.59. The van der Waals surface area contributed by atoms with Crippen LogP contribution in [0, 0.1) is 13.8 Å². The van der Waals surface area contributed by atoms with Crippen molar-refractivity contribution in [2.75, 3.05) is 18.4 Å². The van der Waals surface area contributed by atoms with Gasteiger partial charge in [0.25, 0.3) is 0 Å². The molecule has 2 aromatic heterocycles. The smallest absolute Gasteiger partial charge is 0.195 e. The van der Waals surface area contributed by atoms with Crippen LogP contribution in [0.5, 0.6) is 0 Å². The average molecular weight is 333 g/mol. The fraction of sp³-hybridized carbons (Fsp3) is 0.300. The van der Waals surface area contributed by atoms with E-state index in [2.05, 4.69) is 76.5 Å². The van der Waals surface area contributed by atoms with Crippen molar-refractivity contribution in [2.24, 2.45) is 4.99 Å². The Balaban J connectivity index is 1.43. The van der Waals surface area contributed by atoms with Crippen LogP contribution in [0.2, 0.25) is 0 Å². The third-order valence-electron chi connectivity index (χ3n) is 4.66. The number of nitrogens with zero attached hydrogens (tertiary/aromatic N) is 3. The van der Waals surface area contributed by atoms with Gasteiger partial charge in [-0.25, -0.2) is 4.98 Å². The number of guanidine groups is 1. The van der Waals surface area contributed by atoms with Gasteiger partial charge < -0.3 is 15.0 Å². The number of aliphatic imine (C=N–C) groups is 1. The molecule has 0 aliphatic carbocycles. The summed E-state index contributed by atoms with van der Waals surface area (Å²) in [7, 11) is 0. The van der Waals surface area contributed by atoms with Crippen LogP contribution in [0.1, 0.15) is 22.5 Å². The molecule has 1 aromatic carbocycles. The van der Waals surface area contributed by atoms with E-state index in [1.54, 1.807) is 0 Å². The van der Waals surface area contributed by atoms with Crippen molar-refractivity contribution >= 4 is 17.3 Å². The van der Waals surface area contributed by atoms with Crippen molar-refractivity contribution in [3.8, 4) is 0 Å². The zero-order valence-electron chi connectivity index (χ0n) is 14.7. The van der Waals surface area contributed by atoms with Crippen LogP contribution < -0.4 is 10.6 Å². The molecule has 128 valence electrons. The molecule has 4 rings (SSSR count). The fourth-order valence-electron chi connectivity index (χ4n) is 3.19. The Morgan fingerprint density at radius 3 is 2.72 bits per heavy atom. The summed E-state index contributed by atoms with van der Waals surface area (Å²) in [6, 6.07) is 12.8. The van der Waals surface area contributed by atoms with Crippen LogP contribution in [0.25, 0.3) is 5.65 Å². The van der Waals surface area contributed by atoms with E-state index in [0.29, 0.717) is 0 Å². The lowest BCUT2D eigenvalue weighted by Crippen LogP contribution is -2.26. The predicted molar refractivity (Wildman–Crippen MR) is 102 cm³/mol. The Labute approximate surface area is 147 Å². The van der Waals surface area contributed by atoms with Gasteiger partial charge in [-0.1, -0.05) is 12.1 Å². The van der Waals surface area contributed by atoms with Gasteiger partial charge in [-0.2, -0.15) is 0 Å². The van der Waals surface area contributed by atoms with Crippen LogP contribution in [0.15, 0.2) is 47.6 Å². The number of aryl methyl sites for hydroxylation is 4. The zero-order valence-corrected chi connectivity index (χ0v) is 14.7. The van der Waals surface area contributed by atoms with E-state index in [1.165, 1.54) is 22.5 Å². The summed E-state index contributed by atoms with van der Waals surface area (Å²) in [4.78, 5) is 9.15. The third-order valence-corrected chi connectivity index (χ3v) is 4.66. The normalized spacial score (nSPS) is 13.8. The molecule has 5 nitrogen and oxygen atoms in total. The van der Waals surface area contributed by atoms with E-state index in [1.807, 2.05) is 0 Å². The summed E-state index contributed by atoms with van der Waals surface area (Å²) < 4.78 is 2.17. The summed E-state index contributed by atoms with van der Waals surface area (Å²) in [5, 5.41) is 6.51. The van der Waals surface area contributed by atoms with Crippen molar-refractivity contribution in [1.82, 2.24) is 14.7 Å². The lowest BCUT2D eigenvalue weighted by Gasteiger charge is -2.07. The minimum absolute atomic E-state index is 0.846. The number of rotatable bonds is 4. The maximum atomic E-state index is 4.80. The minimum atomic E-state index is 0.846. The molecule has 0 saturated carbocycles. The van der Waals surface area contributed by atoms with Crippen molar-refractivity contribution < 1.29 is 0 Å². The lowest BCUT2D eigenvalue weighted by atomic mass is 10.1. The van der Waals surface area contributed by atoms with Crippen LogP contribution in [-0.2, 0) is 12.8 Å². The summed E-state index contributed by atoms with van der Waals surface area (Å²) >= 11 is 0. The Kier molecular flexibility index (Phi) is 4.14. The summed E-state index contributed by atoms with van der Waals surface area (Å²) in [5.74, 6) is 0.864. The molecule has 0 saturated heterocycles. The zero-order chi connectivity index (χ0) is 17.2. The molecule has 5 heteroatoms. The molecule has 0 bridgehead atoms. The van der Waals surface area contributed by atoms with E-state index >= 15 is 0 Å². The number of hydrogen-bond acceptors (Lipinski definition) is 4. The maximum Gasteiger partial charge on any atom is 0.195 e. The molecule has 3 aromatic rings. The van der Waals surface area contributed by atoms with Gasteiger partial charge >= 0.3 is 0 Å². The average Bonchev–Trinajstić information content (AvgIpc) is 3.22. The molecule has 0 radical (unpaired) electrons. The van der Waals surface area contributed by atoms with Gasteiger partial charge in [0.2, 0.25) is 0 Å². The van der Waals surface area contributed by atoms with E-state index in [4.69, 9.17) is 4.98 Å². The predicted octanol–water partition coefficient (Wildman–Crippen LogP) is 3.11. The van der Waals surface area contributed by atoms with Crippen molar-refractivity contribution in [3.63, 3.8) is 0 Å². The Morgan fingerprint density at radius 1 is 1.12 bits per heavy atom. The number of imidazole rings is 1. The van der Waals surface area contributed by atoms with Crippen LogP contribution in [-0.4, -0.2) is 28.4 Å². The van der Waals surface area contributed by atoms with Gasteiger partial charge in [0, 0.05) is 24.1 Å². The van der Waals surface area contributed by atoms with Gasteiger partial charge in [-0.15, -0.1) is 0 Å². The molecule has 0 atom stereocenters. The third kappa shape index (κ3) is 3.36. The van der Waals surface area contributed by atoms with Crippen molar-refractivity contribution in [1.29, 1.82) is 0 Å². The van der Waals surface area contributed by atoms with Crippen LogP contribution in [0.3, 0.4) is 0 Å². The Hall–Kier alpha value is -2.82. The van der Waals surface area contributed by atoms with Crippen molar-refractivity contribution in [2.45, 2.75) is 26.7 Å². The lowest BCUT2D eigenvalue weighted by molar-refractivity contribution is 0.911. The van der Waals surface area contributed by atoms with Gasteiger partial charge in [0.1, 0.15) is 5.65 Å². The van der Waals surface area contributed by atoms with Crippen molar-refractivity contribution in [3.05, 3.63) is 65.1 Å². The van der Waals surface area contributed by atoms with E-state index in [9.17, 15) is 0 Å². The number of nitrogens with one attached hydrogen (secondary N) is 2. The first-order valence-corrected chi connectivity index (χ1v) is 8.77. The number of aromatic nitrogens is 2. The second-order valence-corrected chi connectivity index (χ2v) is 6.56. The summed E-state index contributed by atoms with van der Waals surface area (Å²) in [5.41, 5.74) is 7.08. The first kappa shape index (κ1) is 15.7. The molecule has 0 amide bonds.